The van der Waals surface area contributed by atoms with Crippen LogP contribution in [0.2, 0.25) is 0 Å². The van der Waals surface area contributed by atoms with Gasteiger partial charge >= 0.3 is 0 Å². The van der Waals surface area contributed by atoms with E-state index in [1.165, 1.54) is 0 Å². The first-order chi connectivity index (χ1) is 10.1. The van der Waals surface area contributed by atoms with Gasteiger partial charge in [-0.05, 0) is 38.0 Å². The molecular formula is C16H23ClN4O. The summed E-state index contributed by atoms with van der Waals surface area (Å²) in [4.78, 5) is 11.9. The van der Waals surface area contributed by atoms with Crippen molar-refractivity contribution in [2.75, 3.05) is 0 Å². The molecule has 0 fully saturated rings. The lowest BCUT2D eigenvalue weighted by molar-refractivity contribution is -0.121. The standard InChI is InChI=1S/C16H22N4O.ClH/c1-12(17)8-9-16(21)19-13(2)14-6-3-4-7-15(14)20-11-5-10-18-20;/h3-7,10-13H,8-9,17H2,1-2H3,(H,19,21);1H. The molecule has 2 unspecified atom stereocenters. The van der Waals surface area contributed by atoms with E-state index in [1.54, 1.807) is 10.9 Å². The highest BCUT2D eigenvalue weighted by Crippen LogP contribution is 2.21. The summed E-state index contributed by atoms with van der Waals surface area (Å²) in [6, 6.07) is 9.77. The highest BCUT2D eigenvalue weighted by atomic mass is 35.5. The minimum absolute atomic E-state index is 0. The first kappa shape index (κ1) is 18.2. The van der Waals surface area contributed by atoms with Gasteiger partial charge in [-0.2, -0.15) is 5.10 Å². The number of nitrogens with two attached hydrogens (primary N) is 1. The van der Waals surface area contributed by atoms with Crippen LogP contribution in [-0.4, -0.2) is 21.7 Å². The number of rotatable bonds is 6. The van der Waals surface area contributed by atoms with Gasteiger partial charge in [0.2, 0.25) is 5.91 Å². The van der Waals surface area contributed by atoms with Gasteiger partial charge < -0.3 is 11.1 Å². The number of halogens is 1. The van der Waals surface area contributed by atoms with Crippen molar-refractivity contribution >= 4 is 18.3 Å². The lowest BCUT2D eigenvalue weighted by Crippen LogP contribution is -2.29. The molecular weight excluding hydrogens is 300 g/mol. The Bertz CT molecular complexity index is 584. The lowest BCUT2D eigenvalue weighted by Gasteiger charge is -2.18. The minimum Gasteiger partial charge on any atom is -0.350 e. The summed E-state index contributed by atoms with van der Waals surface area (Å²) in [5.41, 5.74) is 7.69. The number of benzene rings is 1. The average molecular weight is 323 g/mol. The molecule has 3 N–H and O–H groups in total. The number of hydrogen-bond acceptors (Lipinski definition) is 3. The number of aromatic nitrogens is 2. The lowest BCUT2D eigenvalue weighted by atomic mass is 10.1. The van der Waals surface area contributed by atoms with Crippen molar-refractivity contribution < 1.29 is 4.79 Å². The molecule has 1 amide bonds. The molecule has 0 spiro atoms. The number of nitrogens with one attached hydrogen (secondary N) is 1. The molecule has 0 radical (unpaired) electrons. The molecule has 0 saturated heterocycles. The fourth-order valence-electron chi connectivity index (χ4n) is 2.22. The third-order valence-corrected chi connectivity index (χ3v) is 3.36. The highest BCUT2D eigenvalue weighted by molar-refractivity contribution is 5.85. The number of carbonyl (C=O) groups is 1. The zero-order chi connectivity index (χ0) is 15.2. The van der Waals surface area contributed by atoms with Crippen molar-refractivity contribution in [1.82, 2.24) is 15.1 Å². The van der Waals surface area contributed by atoms with Crippen LogP contribution in [0.1, 0.15) is 38.3 Å². The minimum atomic E-state index is -0.0778. The molecule has 0 aliphatic rings. The fourth-order valence-corrected chi connectivity index (χ4v) is 2.22. The van der Waals surface area contributed by atoms with E-state index in [2.05, 4.69) is 10.4 Å². The van der Waals surface area contributed by atoms with E-state index < -0.39 is 0 Å². The van der Waals surface area contributed by atoms with Crippen LogP contribution in [-0.2, 0) is 4.79 Å². The van der Waals surface area contributed by atoms with E-state index in [1.807, 2.05) is 50.4 Å². The molecule has 1 heterocycles. The van der Waals surface area contributed by atoms with Crippen LogP contribution in [0.4, 0.5) is 0 Å². The van der Waals surface area contributed by atoms with E-state index in [4.69, 9.17) is 5.73 Å². The summed E-state index contributed by atoms with van der Waals surface area (Å²) >= 11 is 0. The maximum atomic E-state index is 11.9. The first-order valence-corrected chi connectivity index (χ1v) is 7.22. The second kappa shape index (κ2) is 8.56. The maximum Gasteiger partial charge on any atom is 0.220 e. The van der Waals surface area contributed by atoms with Crippen LogP contribution in [0.15, 0.2) is 42.7 Å². The molecule has 2 atom stereocenters. The molecule has 0 aliphatic carbocycles. The number of carbonyl (C=O) groups excluding carboxylic acids is 1. The fraction of sp³-hybridized carbons (Fsp3) is 0.375. The Balaban J connectivity index is 0.00000242. The predicted molar refractivity (Wildman–Crippen MR) is 90.3 cm³/mol. The zero-order valence-electron chi connectivity index (χ0n) is 12.9. The normalized spacial score (nSPS) is 13.0. The van der Waals surface area contributed by atoms with E-state index >= 15 is 0 Å². The molecule has 0 saturated carbocycles. The topological polar surface area (TPSA) is 72.9 Å². The number of amides is 1. The smallest absolute Gasteiger partial charge is 0.220 e. The van der Waals surface area contributed by atoms with Crippen molar-refractivity contribution in [2.45, 2.75) is 38.8 Å². The number of nitrogens with zero attached hydrogens (tertiary/aromatic N) is 2. The number of para-hydroxylation sites is 1. The van der Waals surface area contributed by atoms with Gasteiger partial charge in [0.25, 0.3) is 0 Å². The monoisotopic (exact) mass is 322 g/mol. The molecule has 2 rings (SSSR count). The van der Waals surface area contributed by atoms with E-state index in [9.17, 15) is 4.79 Å². The Hall–Kier alpha value is -1.85. The molecule has 0 aliphatic heterocycles. The van der Waals surface area contributed by atoms with Crippen LogP contribution in [0, 0.1) is 0 Å². The Morgan fingerprint density at radius 1 is 1.32 bits per heavy atom. The van der Waals surface area contributed by atoms with Gasteiger partial charge in [-0.3, -0.25) is 4.79 Å². The second-order valence-corrected chi connectivity index (χ2v) is 5.31. The van der Waals surface area contributed by atoms with E-state index in [0.29, 0.717) is 12.8 Å². The SMILES string of the molecule is CC(N)CCC(=O)NC(C)c1ccccc1-n1cccn1.Cl. The molecule has 2 aromatic rings. The van der Waals surface area contributed by atoms with Gasteiger partial charge in [-0.1, -0.05) is 18.2 Å². The molecule has 120 valence electrons. The van der Waals surface area contributed by atoms with Crippen LogP contribution >= 0.6 is 12.4 Å². The van der Waals surface area contributed by atoms with Crippen LogP contribution in [0.5, 0.6) is 0 Å². The Labute approximate surface area is 137 Å². The zero-order valence-corrected chi connectivity index (χ0v) is 13.7. The number of hydrogen-bond donors (Lipinski definition) is 2. The predicted octanol–water partition coefficient (Wildman–Crippen LogP) is 2.60. The Morgan fingerprint density at radius 3 is 2.68 bits per heavy atom. The highest BCUT2D eigenvalue weighted by Gasteiger charge is 2.14. The van der Waals surface area contributed by atoms with Crippen molar-refractivity contribution in [3.8, 4) is 5.69 Å². The summed E-state index contributed by atoms with van der Waals surface area (Å²) in [7, 11) is 0. The van der Waals surface area contributed by atoms with E-state index in [-0.39, 0.29) is 30.4 Å². The average Bonchev–Trinajstić information content (AvgIpc) is 2.99. The third-order valence-electron chi connectivity index (χ3n) is 3.36. The quantitative estimate of drug-likeness (QED) is 0.858. The summed E-state index contributed by atoms with van der Waals surface area (Å²) in [5.74, 6) is 0.0232. The first-order valence-electron chi connectivity index (χ1n) is 7.22. The van der Waals surface area contributed by atoms with Crippen molar-refractivity contribution in [3.05, 3.63) is 48.3 Å². The second-order valence-electron chi connectivity index (χ2n) is 5.31. The molecule has 0 bridgehead atoms. The maximum absolute atomic E-state index is 11.9. The van der Waals surface area contributed by atoms with Crippen molar-refractivity contribution in [2.24, 2.45) is 5.73 Å². The van der Waals surface area contributed by atoms with Crippen molar-refractivity contribution in [1.29, 1.82) is 0 Å². The molecule has 22 heavy (non-hydrogen) atoms. The largest absolute Gasteiger partial charge is 0.350 e. The van der Waals surface area contributed by atoms with Gasteiger partial charge in [0.05, 0.1) is 11.7 Å². The summed E-state index contributed by atoms with van der Waals surface area (Å²) < 4.78 is 1.81. The molecule has 1 aromatic carbocycles. The summed E-state index contributed by atoms with van der Waals surface area (Å²) in [5, 5.41) is 7.27. The van der Waals surface area contributed by atoms with Gasteiger partial charge in [0.15, 0.2) is 0 Å². The summed E-state index contributed by atoms with van der Waals surface area (Å²) in [6.07, 6.45) is 4.78. The summed E-state index contributed by atoms with van der Waals surface area (Å²) in [6.45, 7) is 3.88. The van der Waals surface area contributed by atoms with E-state index in [0.717, 1.165) is 11.3 Å². The molecule has 1 aromatic heterocycles. The van der Waals surface area contributed by atoms with Crippen LogP contribution < -0.4 is 11.1 Å². The van der Waals surface area contributed by atoms with Gasteiger partial charge in [0, 0.05) is 24.9 Å². The Kier molecular flexibility index (Phi) is 7.08. The third kappa shape index (κ3) is 4.86. The Morgan fingerprint density at radius 2 is 2.05 bits per heavy atom. The molecule has 6 heteroatoms. The molecule has 5 nitrogen and oxygen atoms in total. The van der Waals surface area contributed by atoms with Gasteiger partial charge in [0.1, 0.15) is 0 Å². The van der Waals surface area contributed by atoms with Gasteiger partial charge in [-0.15, -0.1) is 12.4 Å². The van der Waals surface area contributed by atoms with Crippen LogP contribution in [0.3, 0.4) is 0 Å². The van der Waals surface area contributed by atoms with Crippen molar-refractivity contribution in [3.63, 3.8) is 0 Å². The van der Waals surface area contributed by atoms with Gasteiger partial charge in [-0.25, -0.2) is 4.68 Å². The van der Waals surface area contributed by atoms with Crippen LogP contribution in [0.25, 0.3) is 5.69 Å².